The van der Waals surface area contributed by atoms with Gasteiger partial charge in [-0.3, -0.25) is 4.79 Å². The van der Waals surface area contributed by atoms with Crippen molar-refractivity contribution in [2.45, 2.75) is 26.2 Å². The van der Waals surface area contributed by atoms with Crippen molar-refractivity contribution in [2.75, 3.05) is 19.5 Å². The number of anilines is 1. The number of methoxy groups -OCH3 is 2. The first kappa shape index (κ1) is 17.1. The highest BCUT2D eigenvalue weighted by molar-refractivity contribution is 7.14. The summed E-state index contributed by atoms with van der Waals surface area (Å²) in [5.74, 6) is 1.57. The van der Waals surface area contributed by atoms with Crippen LogP contribution < -0.4 is 14.8 Å². The molecule has 3 rings (SSSR count). The fraction of sp³-hybridized carbons (Fsp3) is 0.389. The highest BCUT2D eigenvalue weighted by Crippen LogP contribution is 2.37. The third kappa shape index (κ3) is 3.37. The summed E-state index contributed by atoms with van der Waals surface area (Å²) in [7, 11) is 3.08. The summed E-state index contributed by atoms with van der Waals surface area (Å²) in [6.07, 6.45) is 3.30. The Morgan fingerprint density at radius 3 is 2.71 bits per heavy atom. The molecule has 1 aliphatic rings. The molecule has 1 unspecified atom stereocenters. The molecule has 0 spiro atoms. The number of amides is 1. The Labute approximate surface area is 150 Å². The standard InChI is InChI=1S/C18H20ClNO3S/c1-10-4-5-16-11(6-10)7-17(24-16)18(21)20-13-8-12(19)14(22-2)9-15(13)23-3/h7-10H,4-6H2,1-3H3,(H,20,21). The van der Waals surface area contributed by atoms with Crippen LogP contribution >= 0.6 is 22.9 Å². The van der Waals surface area contributed by atoms with Crippen LogP contribution in [0.2, 0.25) is 5.02 Å². The van der Waals surface area contributed by atoms with Crippen LogP contribution in [0.4, 0.5) is 5.69 Å². The van der Waals surface area contributed by atoms with E-state index in [9.17, 15) is 4.79 Å². The molecule has 1 N–H and O–H groups in total. The van der Waals surface area contributed by atoms with Crippen LogP contribution in [0.3, 0.4) is 0 Å². The van der Waals surface area contributed by atoms with Gasteiger partial charge in [-0.15, -0.1) is 11.3 Å². The minimum absolute atomic E-state index is 0.137. The van der Waals surface area contributed by atoms with Gasteiger partial charge >= 0.3 is 0 Å². The van der Waals surface area contributed by atoms with E-state index in [1.807, 2.05) is 6.07 Å². The van der Waals surface area contributed by atoms with Gasteiger partial charge in [0.15, 0.2) is 0 Å². The monoisotopic (exact) mass is 365 g/mol. The third-order valence-electron chi connectivity index (χ3n) is 4.28. The molecule has 0 aliphatic heterocycles. The maximum absolute atomic E-state index is 12.6. The Hall–Kier alpha value is -1.72. The fourth-order valence-corrected chi connectivity index (χ4v) is 4.30. The van der Waals surface area contributed by atoms with Crippen molar-refractivity contribution in [1.29, 1.82) is 0 Å². The number of hydrogen-bond donors (Lipinski definition) is 1. The van der Waals surface area contributed by atoms with Gasteiger partial charge < -0.3 is 14.8 Å². The van der Waals surface area contributed by atoms with E-state index < -0.39 is 0 Å². The SMILES string of the molecule is COc1cc(OC)c(NC(=O)c2cc3c(s2)CCC(C)C3)cc1Cl. The van der Waals surface area contributed by atoms with Crippen molar-refractivity contribution in [2.24, 2.45) is 5.92 Å². The van der Waals surface area contributed by atoms with E-state index in [0.717, 1.165) is 17.7 Å². The van der Waals surface area contributed by atoms with Gasteiger partial charge in [0, 0.05) is 10.9 Å². The number of fused-ring (bicyclic) bond motifs is 1. The zero-order valence-electron chi connectivity index (χ0n) is 13.9. The Morgan fingerprint density at radius 2 is 2.00 bits per heavy atom. The number of thiophene rings is 1. The zero-order valence-corrected chi connectivity index (χ0v) is 15.5. The maximum atomic E-state index is 12.6. The van der Waals surface area contributed by atoms with Crippen molar-refractivity contribution in [3.8, 4) is 11.5 Å². The Kier molecular flexibility index (Phi) is 5.01. The molecule has 1 atom stereocenters. The van der Waals surface area contributed by atoms with Crippen molar-refractivity contribution >= 4 is 34.5 Å². The van der Waals surface area contributed by atoms with Gasteiger partial charge in [-0.05, 0) is 42.9 Å². The molecule has 1 aromatic heterocycles. The van der Waals surface area contributed by atoms with Gasteiger partial charge in [-0.2, -0.15) is 0 Å². The Bertz CT molecular complexity index is 772. The number of ether oxygens (including phenoxy) is 2. The van der Waals surface area contributed by atoms with E-state index >= 15 is 0 Å². The minimum atomic E-state index is -0.137. The lowest BCUT2D eigenvalue weighted by atomic mass is 9.90. The second-order valence-electron chi connectivity index (χ2n) is 6.05. The summed E-state index contributed by atoms with van der Waals surface area (Å²) in [5, 5.41) is 3.32. The van der Waals surface area contributed by atoms with Crippen LogP contribution in [0.25, 0.3) is 0 Å². The van der Waals surface area contributed by atoms with Crippen molar-refractivity contribution in [3.05, 3.63) is 38.5 Å². The second-order valence-corrected chi connectivity index (χ2v) is 7.59. The molecule has 0 fully saturated rings. The smallest absolute Gasteiger partial charge is 0.265 e. The van der Waals surface area contributed by atoms with Crippen molar-refractivity contribution < 1.29 is 14.3 Å². The minimum Gasteiger partial charge on any atom is -0.495 e. The van der Waals surface area contributed by atoms with Crippen molar-refractivity contribution in [1.82, 2.24) is 0 Å². The zero-order chi connectivity index (χ0) is 17.3. The average Bonchev–Trinajstić information content (AvgIpc) is 2.98. The lowest BCUT2D eigenvalue weighted by Crippen LogP contribution is -2.11. The highest BCUT2D eigenvalue weighted by atomic mass is 35.5. The average molecular weight is 366 g/mol. The molecule has 4 nitrogen and oxygen atoms in total. The molecule has 0 radical (unpaired) electrons. The number of carbonyl (C=O) groups excluding carboxylic acids is 1. The van der Waals surface area contributed by atoms with Crippen molar-refractivity contribution in [3.63, 3.8) is 0 Å². The normalized spacial score (nSPS) is 16.4. The molecule has 128 valence electrons. The summed E-state index contributed by atoms with van der Waals surface area (Å²) >= 11 is 7.74. The largest absolute Gasteiger partial charge is 0.495 e. The first-order valence-electron chi connectivity index (χ1n) is 7.86. The number of halogens is 1. The maximum Gasteiger partial charge on any atom is 0.265 e. The first-order chi connectivity index (χ1) is 11.5. The molecule has 1 amide bonds. The molecular weight excluding hydrogens is 346 g/mol. The first-order valence-corrected chi connectivity index (χ1v) is 9.05. The van der Waals surface area contributed by atoms with Crippen LogP contribution in [-0.2, 0) is 12.8 Å². The van der Waals surface area contributed by atoms with Crippen LogP contribution in [0.5, 0.6) is 11.5 Å². The van der Waals surface area contributed by atoms with E-state index in [2.05, 4.69) is 12.2 Å². The lowest BCUT2D eigenvalue weighted by molar-refractivity contribution is 0.103. The molecule has 1 heterocycles. The van der Waals surface area contributed by atoms with E-state index in [1.54, 1.807) is 30.6 Å². The van der Waals surface area contributed by atoms with E-state index in [0.29, 0.717) is 28.1 Å². The van der Waals surface area contributed by atoms with E-state index in [4.69, 9.17) is 21.1 Å². The molecular formula is C18H20ClNO3S. The van der Waals surface area contributed by atoms with Gasteiger partial charge in [0.05, 0.1) is 29.8 Å². The Morgan fingerprint density at radius 1 is 1.25 bits per heavy atom. The number of rotatable bonds is 4. The molecule has 0 bridgehead atoms. The number of aryl methyl sites for hydroxylation is 1. The molecule has 24 heavy (non-hydrogen) atoms. The van der Waals surface area contributed by atoms with Crippen LogP contribution in [0, 0.1) is 5.92 Å². The quantitative estimate of drug-likeness (QED) is 0.846. The molecule has 1 aromatic carbocycles. The predicted molar refractivity (Wildman–Crippen MR) is 98.0 cm³/mol. The predicted octanol–water partition coefficient (Wildman–Crippen LogP) is 4.80. The van der Waals surface area contributed by atoms with Crippen LogP contribution in [0.1, 0.15) is 33.5 Å². The van der Waals surface area contributed by atoms with E-state index in [1.165, 1.54) is 24.0 Å². The summed E-state index contributed by atoms with van der Waals surface area (Å²) in [6, 6.07) is 5.33. The van der Waals surface area contributed by atoms with Gasteiger partial charge in [-0.1, -0.05) is 18.5 Å². The highest BCUT2D eigenvalue weighted by Gasteiger charge is 2.21. The third-order valence-corrected chi connectivity index (χ3v) is 5.81. The molecule has 2 aromatic rings. The molecule has 6 heteroatoms. The number of nitrogens with one attached hydrogen (secondary N) is 1. The topological polar surface area (TPSA) is 47.6 Å². The summed E-state index contributed by atoms with van der Waals surface area (Å²) < 4.78 is 10.5. The van der Waals surface area contributed by atoms with Crippen LogP contribution in [0.15, 0.2) is 18.2 Å². The van der Waals surface area contributed by atoms with Gasteiger partial charge in [0.1, 0.15) is 11.5 Å². The number of hydrogen-bond acceptors (Lipinski definition) is 4. The van der Waals surface area contributed by atoms with Gasteiger partial charge in [-0.25, -0.2) is 0 Å². The Balaban J connectivity index is 1.84. The summed E-state index contributed by atoms with van der Waals surface area (Å²) in [4.78, 5) is 14.7. The second kappa shape index (κ2) is 7.03. The fourth-order valence-electron chi connectivity index (χ4n) is 2.96. The van der Waals surface area contributed by atoms with Crippen LogP contribution in [-0.4, -0.2) is 20.1 Å². The molecule has 0 saturated carbocycles. The van der Waals surface area contributed by atoms with E-state index in [-0.39, 0.29) is 5.91 Å². The summed E-state index contributed by atoms with van der Waals surface area (Å²) in [5.41, 5.74) is 1.84. The summed E-state index contributed by atoms with van der Waals surface area (Å²) in [6.45, 7) is 2.25. The lowest BCUT2D eigenvalue weighted by Gasteiger charge is -2.16. The van der Waals surface area contributed by atoms with Gasteiger partial charge in [0.2, 0.25) is 0 Å². The molecule has 0 saturated heterocycles. The number of benzene rings is 1. The van der Waals surface area contributed by atoms with Gasteiger partial charge in [0.25, 0.3) is 5.91 Å². The molecule has 1 aliphatic carbocycles. The number of carbonyl (C=O) groups is 1.